The minimum atomic E-state index is -5.27. The van der Waals surface area contributed by atoms with Gasteiger partial charge in [0.1, 0.15) is 12.4 Å². The average Bonchev–Trinajstić information content (AvgIpc) is 2.68. The quantitative estimate of drug-likeness (QED) is 0.108. The second-order valence-electron chi connectivity index (χ2n) is 8.35. The Kier molecular flexibility index (Phi) is 9.24. The van der Waals surface area contributed by atoms with Gasteiger partial charge in [-0.05, 0) is 45.9 Å². The van der Waals surface area contributed by atoms with Crippen LogP contribution < -0.4 is 5.73 Å². The molecular weight excluding hydrogens is 513 g/mol. The molecule has 0 spiro atoms. The summed E-state index contributed by atoms with van der Waals surface area (Å²) in [5, 5.41) is 0. The highest BCUT2D eigenvalue weighted by Gasteiger charge is 2.39. The van der Waals surface area contributed by atoms with Gasteiger partial charge in [-0.15, -0.1) is 0 Å². The van der Waals surface area contributed by atoms with Gasteiger partial charge in [0.15, 0.2) is 0 Å². The molecule has 0 saturated carbocycles. The molecule has 0 aliphatic carbocycles. The van der Waals surface area contributed by atoms with Crippen LogP contribution in [-0.4, -0.2) is 29.4 Å². The molecule has 0 aliphatic heterocycles. The summed E-state index contributed by atoms with van der Waals surface area (Å²) in [7, 11) is 0. The number of allylic oxidation sites excluding steroid dienone is 1. The van der Waals surface area contributed by atoms with Gasteiger partial charge in [-0.1, -0.05) is 6.58 Å². The molecule has 0 heterocycles. The number of hydrogen-bond acceptors (Lipinski definition) is 5. The molecule has 2 N–H and O–H groups in total. The summed E-state index contributed by atoms with van der Waals surface area (Å²) < 4.78 is 118. The van der Waals surface area contributed by atoms with E-state index in [1.165, 1.54) is 27.7 Å². The van der Waals surface area contributed by atoms with Crippen molar-refractivity contribution in [2.45, 2.75) is 52.3 Å². The molecular formula is C21H22F9N3O3. The highest BCUT2D eigenvalue weighted by molar-refractivity contribution is 5.74. The van der Waals surface area contributed by atoms with Crippen LogP contribution in [0.4, 0.5) is 45.2 Å². The van der Waals surface area contributed by atoms with Gasteiger partial charge in [0, 0.05) is 11.8 Å². The molecule has 1 aromatic rings. The predicted molar refractivity (Wildman–Crippen MR) is 110 cm³/mol. The van der Waals surface area contributed by atoms with E-state index in [9.17, 15) is 44.3 Å². The summed E-state index contributed by atoms with van der Waals surface area (Å²) in [4.78, 5) is 25.2. The van der Waals surface area contributed by atoms with Crippen LogP contribution in [0.3, 0.4) is 0 Å². The third kappa shape index (κ3) is 8.77. The normalized spacial score (nSPS) is 14.6. The van der Waals surface area contributed by atoms with Gasteiger partial charge in [-0.3, -0.25) is 9.79 Å². The zero-order chi connectivity index (χ0) is 28.3. The molecule has 202 valence electrons. The summed E-state index contributed by atoms with van der Waals surface area (Å²) in [6, 6.07) is -2.10. The fourth-order valence-electron chi connectivity index (χ4n) is 2.12. The zero-order valence-corrected chi connectivity index (χ0v) is 19.3. The summed E-state index contributed by atoms with van der Waals surface area (Å²) in [6.07, 6.45) is -14.6. The van der Waals surface area contributed by atoms with Crippen molar-refractivity contribution in [3.05, 3.63) is 53.6 Å². The molecule has 0 radical (unpaired) electrons. The Morgan fingerprint density at radius 3 is 2.00 bits per heavy atom. The van der Waals surface area contributed by atoms with E-state index in [2.05, 4.69) is 16.5 Å². The third-order valence-electron chi connectivity index (χ3n) is 4.11. The lowest BCUT2D eigenvalue weighted by molar-refractivity contribution is -0.263. The first kappa shape index (κ1) is 30.8. The lowest BCUT2D eigenvalue weighted by Gasteiger charge is -2.24. The van der Waals surface area contributed by atoms with Gasteiger partial charge in [0.2, 0.25) is 0 Å². The van der Waals surface area contributed by atoms with Crippen LogP contribution in [0.25, 0.3) is 0 Å². The first-order valence-electron chi connectivity index (χ1n) is 9.75. The smallest absolute Gasteiger partial charge is 0.317 e. The first-order chi connectivity index (χ1) is 16.0. The van der Waals surface area contributed by atoms with Gasteiger partial charge in [0.05, 0.1) is 22.2 Å². The molecule has 1 atom stereocenters. The predicted octanol–water partition coefficient (Wildman–Crippen LogP) is 6.47. The fraction of sp³-hybridized carbons (Fsp3) is 0.429. The van der Waals surface area contributed by atoms with Gasteiger partial charge in [0.25, 0.3) is 5.88 Å². The number of benzene rings is 1. The Hall–Kier alpha value is -3.23. The Balaban J connectivity index is 3.55. The van der Waals surface area contributed by atoms with Crippen molar-refractivity contribution in [2.24, 2.45) is 16.1 Å². The van der Waals surface area contributed by atoms with Crippen molar-refractivity contribution in [1.29, 1.82) is 0 Å². The number of nitrogens with two attached hydrogens (primary N) is 1. The topological polar surface area (TPSA) is 77.2 Å². The molecule has 36 heavy (non-hydrogen) atoms. The molecule has 15 heteroatoms. The van der Waals surface area contributed by atoms with Crippen LogP contribution in [0.5, 0.6) is 0 Å². The van der Waals surface area contributed by atoms with Crippen molar-refractivity contribution < 1.29 is 54.1 Å². The number of hydrogen-bond donors (Lipinski definition) is 1. The summed E-state index contributed by atoms with van der Waals surface area (Å²) in [5.74, 6) is -1.98. The maximum absolute atomic E-state index is 13.4. The summed E-state index contributed by atoms with van der Waals surface area (Å²) in [6.45, 7) is 8.78. The van der Waals surface area contributed by atoms with Crippen LogP contribution in [0.2, 0.25) is 0 Å². The van der Waals surface area contributed by atoms with E-state index in [4.69, 9.17) is 10.6 Å². The number of alkyl halides is 9. The number of rotatable bonds is 7. The van der Waals surface area contributed by atoms with E-state index in [0.717, 1.165) is 0 Å². The van der Waals surface area contributed by atoms with Crippen molar-refractivity contribution in [1.82, 2.24) is 4.90 Å². The monoisotopic (exact) mass is 535 g/mol. The van der Waals surface area contributed by atoms with E-state index in [-0.39, 0.29) is 17.8 Å². The van der Waals surface area contributed by atoms with E-state index in [1.807, 2.05) is 0 Å². The molecule has 0 fully saturated rings. The molecule has 1 unspecified atom stereocenters. The molecule has 0 aromatic heterocycles. The maximum Gasteiger partial charge on any atom is 0.418 e. The van der Waals surface area contributed by atoms with Gasteiger partial charge in [-0.25, -0.2) is 14.7 Å². The van der Waals surface area contributed by atoms with Crippen molar-refractivity contribution >= 4 is 18.0 Å². The lowest BCUT2D eigenvalue weighted by atomic mass is 9.98. The second-order valence-corrected chi connectivity index (χ2v) is 8.35. The maximum atomic E-state index is 13.4. The molecule has 0 amide bonds. The van der Waals surface area contributed by atoms with Crippen LogP contribution in [0, 0.1) is 5.41 Å². The molecule has 1 rings (SSSR count). The molecule has 0 aliphatic rings. The fourth-order valence-corrected chi connectivity index (χ4v) is 2.12. The van der Waals surface area contributed by atoms with E-state index >= 15 is 0 Å². The van der Waals surface area contributed by atoms with Crippen LogP contribution in [0.1, 0.15) is 38.8 Å². The summed E-state index contributed by atoms with van der Waals surface area (Å²) >= 11 is 0. The number of aliphatic imine (C=N–C) groups is 1. The molecule has 0 bridgehead atoms. The third-order valence-corrected chi connectivity index (χ3v) is 4.11. The van der Waals surface area contributed by atoms with E-state index in [0.29, 0.717) is 23.4 Å². The highest BCUT2D eigenvalue weighted by Crippen LogP contribution is 2.40. The summed E-state index contributed by atoms with van der Waals surface area (Å²) in [5.41, 5.74) is -0.693. The number of halogens is 9. The minimum absolute atomic E-state index is 0.171. The van der Waals surface area contributed by atoms with Crippen molar-refractivity contribution in [3.63, 3.8) is 0 Å². The minimum Gasteiger partial charge on any atom is -0.317 e. The average molecular weight is 535 g/mol. The number of carbonyl (C=O) groups is 1. The zero-order valence-electron chi connectivity index (χ0n) is 19.3. The Morgan fingerprint density at radius 2 is 1.58 bits per heavy atom. The van der Waals surface area contributed by atoms with Crippen LogP contribution >= 0.6 is 0 Å². The van der Waals surface area contributed by atoms with E-state index in [1.54, 1.807) is 0 Å². The van der Waals surface area contributed by atoms with Gasteiger partial charge >= 0.3 is 24.5 Å². The Bertz CT molecular complexity index is 1020. The number of nitrogens with zero attached hydrogens (tertiary/aromatic N) is 2. The highest BCUT2D eigenvalue weighted by atomic mass is 19.4. The molecule has 0 saturated heterocycles. The Labute approximate surface area is 199 Å². The Morgan fingerprint density at radius 1 is 1.03 bits per heavy atom. The number of carbonyl (C=O) groups excluding carboxylic acids is 1. The largest absolute Gasteiger partial charge is 0.418 e. The van der Waals surface area contributed by atoms with Crippen LogP contribution in [0.15, 0.2) is 47.4 Å². The second kappa shape index (κ2) is 10.8. The van der Waals surface area contributed by atoms with Gasteiger partial charge in [-0.2, -0.15) is 39.5 Å². The van der Waals surface area contributed by atoms with Crippen molar-refractivity contribution in [2.75, 3.05) is 0 Å². The van der Waals surface area contributed by atoms with Gasteiger partial charge < -0.3 is 5.73 Å². The SMILES string of the molecule is C=C(C)N(C=Nc1ccc(C(F)(F)F)cc1C(F)(F)F)/C(=C\C(N)C(F)(F)F)OOC(=O)C(C)(C)C. The standard InChI is InChI=1S/C21H22F9N3O3/c1-11(2)33(16(9-15(31)21(28,29)30)35-36-17(34)18(3,4)5)10-32-14-7-6-12(19(22,23)24)8-13(14)20(25,26)27/h6-10,15H,1,31H2,2-5H3/b16-9+,32-10?. The first-order valence-corrected chi connectivity index (χ1v) is 9.75. The van der Waals surface area contributed by atoms with Crippen LogP contribution in [-0.2, 0) is 26.9 Å². The molecule has 1 aromatic carbocycles. The lowest BCUT2D eigenvalue weighted by Crippen LogP contribution is -2.37. The van der Waals surface area contributed by atoms with Crippen molar-refractivity contribution in [3.8, 4) is 0 Å². The van der Waals surface area contributed by atoms with E-state index < -0.39 is 58.7 Å². The molecule has 6 nitrogen and oxygen atoms in total.